The van der Waals surface area contributed by atoms with Crippen LogP contribution in [0, 0.1) is 0 Å². The predicted octanol–water partition coefficient (Wildman–Crippen LogP) is 11.9. The van der Waals surface area contributed by atoms with Gasteiger partial charge >= 0.3 is 0 Å². The van der Waals surface area contributed by atoms with E-state index >= 15 is 0 Å². The van der Waals surface area contributed by atoms with Crippen LogP contribution in [0.5, 0.6) is 0 Å². The van der Waals surface area contributed by atoms with E-state index in [4.69, 9.17) is 23.2 Å². The van der Waals surface area contributed by atoms with Gasteiger partial charge < -0.3 is 18.2 Å². The lowest BCUT2D eigenvalue weighted by molar-refractivity contribution is 0.383. The first-order valence-corrected chi connectivity index (χ1v) is 17.4. The molecular formula is C46H29N3O3. The monoisotopic (exact) mass is 671 g/mol. The molecule has 4 heterocycles. The Balaban J connectivity index is 1.00. The summed E-state index contributed by atoms with van der Waals surface area (Å²) in [7, 11) is 2.05. The fourth-order valence-corrected chi connectivity index (χ4v) is 7.72. The number of para-hydroxylation sites is 2. The summed E-state index contributed by atoms with van der Waals surface area (Å²) in [6.45, 7) is 0. The average Bonchev–Trinajstić information content (AvgIpc) is 3.88. The van der Waals surface area contributed by atoms with Crippen molar-refractivity contribution in [1.82, 2.24) is 4.90 Å². The van der Waals surface area contributed by atoms with Gasteiger partial charge in [0.15, 0.2) is 12.0 Å². The molecule has 246 valence electrons. The Morgan fingerprint density at radius 2 is 0.885 bits per heavy atom. The Morgan fingerprint density at radius 1 is 0.423 bits per heavy atom. The third-order valence-electron chi connectivity index (χ3n) is 10.3. The second-order valence-electron chi connectivity index (χ2n) is 13.4. The van der Waals surface area contributed by atoms with E-state index in [0.29, 0.717) is 5.84 Å². The topological polar surface area (TPSA) is 67.4 Å². The molecule has 0 aliphatic carbocycles. The maximum absolute atomic E-state index is 6.55. The van der Waals surface area contributed by atoms with E-state index in [1.165, 1.54) is 0 Å². The molecule has 10 aromatic rings. The first kappa shape index (κ1) is 28.9. The van der Waals surface area contributed by atoms with Gasteiger partial charge in [-0.15, -0.1) is 0 Å². The van der Waals surface area contributed by atoms with E-state index in [9.17, 15) is 0 Å². The highest BCUT2D eigenvalue weighted by molar-refractivity contribution is 6.15. The van der Waals surface area contributed by atoms with Crippen LogP contribution in [-0.2, 0) is 0 Å². The molecular weight excluding hydrogens is 643 g/mol. The molecule has 3 aromatic heterocycles. The van der Waals surface area contributed by atoms with Crippen LogP contribution in [0.1, 0.15) is 22.9 Å². The Kier molecular flexibility index (Phi) is 6.13. The molecule has 0 amide bonds. The average molecular weight is 672 g/mol. The standard InChI is InChI=1S/C46H29N3O3/c1-49-45(27-9-3-2-4-10-27)47-44(48-46(49)31-18-22-35-33-12-6-8-14-39(33)51-43(35)26-31)30-17-21-37-36-20-16-29(24-41(36)52-42(37)25-30)28-15-19-34-32-11-5-7-13-38(32)50-40(34)23-28/h2-26,46H,1H3. The second kappa shape index (κ2) is 11.0. The van der Waals surface area contributed by atoms with Gasteiger partial charge in [0.2, 0.25) is 0 Å². The lowest BCUT2D eigenvalue weighted by atomic mass is 10.0. The maximum Gasteiger partial charge on any atom is 0.159 e. The maximum atomic E-state index is 6.55. The van der Waals surface area contributed by atoms with Crippen LogP contribution in [0.15, 0.2) is 175 Å². The summed E-state index contributed by atoms with van der Waals surface area (Å²) in [4.78, 5) is 12.5. The molecule has 0 N–H and O–H groups in total. The number of fused-ring (bicyclic) bond motifs is 9. The Hall–Kier alpha value is -6.92. The van der Waals surface area contributed by atoms with Crippen molar-refractivity contribution in [2.24, 2.45) is 9.98 Å². The van der Waals surface area contributed by atoms with Gasteiger partial charge in [-0.05, 0) is 65.7 Å². The fourth-order valence-electron chi connectivity index (χ4n) is 7.72. The molecule has 0 saturated carbocycles. The molecule has 52 heavy (non-hydrogen) atoms. The van der Waals surface area contributed by atoms with Gasteiger partial charge in [-0.3, -0.25) is 0 Å². The number of benzene rings is 7. The van der Waals surface area contributed by atoms with Gasteiger partial charge in [-0.2, -0.15) is 0 Å². The van der Waals surface area contributed by atoms with Crippen LogP contribution < -0.4 is 0 Å². The van der Waals surface area contributed by atoms with Gasteiger partial charge in [0.05, 0.1) is 0 Å². The van der Waals surface area contributed by atoms with E-state index in [0.717, 1.165) is 99.5 Å². The number of hydrogen-bond acceptors (Lipinski definition) is 6. The normalized spacial score (nSPS) is 15.0. The number of hydrogen-bond donors (Lipinski definition) is 0. The first-order valence-electron chi connectivity index (χ1n) is 17.4. The Morgan fingerprint density at radius 3 is 1.50 bits per heavy atom. The predicted molar refractivity (Wildman–Crippen MR) is 210 cm³/mol. The fraction of sp³-hybridized carbons (Fsp3) is 0.0435. The summed E-state index contributed by atoms with van der Waals surface area (Å²) in [5, 5.41) is 6.55. The smallest absolute Gasteiger partial charge is 0.159 e. The summed E-state index contributed by atoms with van der Waals surface area (Å²) < 4.78 is 19.0. The van der Waals surface area contributed by atoms with Crippen molar-refractivity contribution in [3.05, 3.63) is 168 Å². The zero-order valence-electron chi connectivity index (χ0n) is 28.1. The van der Waals surface area contributed by atoms with E-state index in [1.807, 2.05) is 61.6 Å². The third kappa shape index (κ3) is 4.44. The van der Waals surface area contributed by atoms with Crippen LogP contribution >= 0.6 is 0 Å². The zero-order valence-corrected chi connectivity index (χ0v) is 28.1. The quantitative estimate of drug-likeness (QED) is 0.187. The molecule has 1 unspecified atom stereocenters. The van der Waals surface area contributed by atoms with Crippen molar-refractivity contribution in [1.29, 1.82) is 0 Å². The van der Waals surface area contributed by atoms with Crippen molar-refractivity contribution < 1.29 is 13.3 Å². The number of amidine groups is 2. The van der Waals surface area contributed by atoms with Gasteiger partial charge in [0.25, 0.3) is 0 Å². The molecule has 0 spiro atoms. The highest BCUT2D eigenvalue weighted by Crippen LogP contribution is 2.38. The van der Waals surface area contributed by atoms with Crippen LogP contribution in [-0.4, -0.2) is 23.6 Å². The first-order chi connectivity index (χ1) is 25.6. The lowest BCUT2D eigenvalue weighted by Gasteiger charge is -2.32. The molecule has 0 bridgehead atoms. The van der Waals surface area contributed by atoms with Crippen molar-refractivity contribution in [2.45, 2.75) is 6.17 Å². The van der Waals surface area contributed by atoms with Crippen molar-refractivity contribution in [2.75, 3.05) is 7.05 Å². The molecule has 6 nitrogen and oxygen atoms in total. The summed E-state index contributed by atoms with van der Waals surface area (Å²) in [6.07, 6.45) is -0.321. The molecule has 7 aromatic carbocycles. The summed E-state index contributed by atoms with van der Waals surface area (Å²) in [5.41, 5.74) is 10.2. The van der Waals surface area contributed by atoms with Crippen LogP contribution in [0.25, 0.3) is 76.9 Å². The van der Waals surface area contributed by atoms with Crippen LogP contribution in [0.4, 0.5) is 0 Å². The minimum atomic E-state index is -0.321. The van der Waals surface area contributed by atoms with Gasteiger partial charge in [0, 0.05) is 56.1 Å². The minimum Gasteiger partial charge on any atom is -0.456 e. The highest BCUT2D eigenvalue weighted by Gasteiger charge is 2.28. The lowest BCUT2D eigenvalue weighted by Crippen LogP contribution is -2.35. The molecule has 1 atom stereocenters. The molecule has 1 aliphatic rings. The number of nitrogens with zero attached hydrogens (tertiary/aromatic N) is 3. The molecule has 1 aliphatic heterocycles. The van der Waals surface area contributed by atoms with E-state index < -0.39 is 0 Å². The largest absolute Gasteiger partial charge is 0.456 e. The highest BCUT2D eigenvalue weighted by atomic mass is 16.3. The molecule has 0 saturated heterocycles. The Bertz CT molecular complexity index is 3110. The third-order valence-corrected chi connectivity index (χ3v) is 10.3. The summed E-state index contributed by atoms with van der Waals surface area (Å²) in [5.74, 6) is 1.49. The second-order valence-corrected chi connectivity index (χ2v) is 13.4. The van der Waals surface area contributed by atoms with Crippen LogP contribution in [0.2, 0.25) is 0 Å². The molecule has 6 heteroatoms. The van der Waals surface area contributed by atoms with Crippen molar-refractivity contribution in [3.8, 4) is 11.1 Å². The number of furan rings is 3. The SMILES string of the molecule is CN1C(c2ccccc2)=NC(c2ccc3c(c2)oc2cc(-c4ccc5c(c4)oc4ccccc45)ccc23)=NC1c1ccc2c(c1)oc1ccccc12. The number of aliphatic imine (C=N–C) groups is 2. The van der Waals surface area contributed by atoms with Gasteiger partial charge in [0.1, 0.15) is 39.3 Å². The van der Waals surface area contributed by atoms with Gasteiger partial charge in [-0.1, -0.05) is 97.1 Å². The van der Waals surface area contributed by atoms with Crippen LogP contribution in [0.3, 0.4) is 0 Å². The van der Waals surface area contributed by atoms with E-state index in [1.54, 1.807) is 0 Å². The number of rotatable bonds is 4. The van der Waals surface area contributed by atoms with Crippen molar-refractivity contribution in [3.63, 3.8) is 0 Å². The molecule has 11 rings (SSSR count). The van der Waals surface area contributed by atoms with Gasteiger partial charge in [-0.25, -0.2) is 9.98 Å². The van der Waals surface area contributed by atoms with Crippen molar-refractivity contribution >= 4 is 77.5 Å². The van der Waals surface area contributed by atoms with E-state index in [2.05, 4.69) is 102 Å². The van der Waals surface area contributed by atoms with E-state index in [-0.39, 0.29) is 6.17 Å². The zero-order chi connectivity index (χ0) is 34.3. The molecule has 0 radical (unpaired) electrons. The summed E-state index contributed by atoms with van der Waals surface area (Å²) >= 11 is 0. The Labute approximate surface area is 297 Å². The molecule has 0 fully saturated rings. The minimum absolute atomic E-state index is 0.321. The summed E-state index contributed by atoms with van der Waals surface area (Å²) in [6, 6.07) is 52.0.